The highest BCUT2D eigenvalue weighted by atomic mass is 32.1. The topological polar surface area (TPSA) is 58.7 Å². The van der Waals surface area contributed by atoms with E-state index < -0.39 is 5.60 Å². The lowest BCUT2D eigenvalue weighted by Crippen LogP contribution is -2.46. The van der Waals surface area contributed by atoms with Gasteiger partial charge in [0.25, 0.3) is 0 Å². The van der Waals surface area contributed by atoms with Gasteiger partial charge in [-0.25, -0.2) is 0 Å². The molecule has 5 heteroatoms. The van der Waals surface area contributed by atoms with Crippen LogP contribution in [0.15, 0.2) is 24.3 Å². The number of β-amino-alcohol motifs (C(OH)–C–C–N with tert-alkyl or cyclic N) is 1. The lowest BCUT2D eigenvalue weighted by Gasteiger charge is -2.36. The number of aliphatic hydroxyl groups is 1. The Morgan fingerprint density at radius 2 is 2.24 bits per heavy atom. The molecule has 0 spiro atoms. The second-order valence-corrected chi connectivity index (χ2v) is 6.38. The Balaban J connectivity index is 1.76. The molecule has 0 aliphatic carbocycles. The Kier molecular flexibility index (Phi) is 5.56. The molecule has 4 nitrogen and oxygen atoms in total. The summed E-state index contributed by atoms with van der Waals surface area (Å²) in [5, 5.41) is 10.1. The van der Waals surface area contributed by atoms with Gasteiger partial charge in [-0.3, -0.25) is 0 Å². The molecule has 0 bridgehead atoms. The smallest absolute Gasteiger partial charge is 0.129 e. The quantitative estimate of drug-likeness (QED) is 0.621. The van der Waals surface area contributed by atoms with Crippen LogP contribution in [0.5, 0.6) is 5.75 Å². The van der Waals surface area contributed by atoms with E-state index in [-0.39, 0.29) is 0 Å². The maximum atomic E-state index is 10.1. The van der Waals surface area contributed by atoms with Crippen LogP contribution < -0.4 is 10.5 Å². The highest BCUT2D eigenvalue weighted by molar-refractivity contribution is 7.80. The monoisotopic (exact) mass is 308 g/mol. The van der Waals surface area contributed by atoms with Crippen molar-refractivity contribution in [3.8, 4) is 5.75 Å². The second kappa shape index (κ2) is 7.20. The fourth-order valence-electron chi connectivity index (χ4n) is 2.78. The number of thiocarbonyl (C=S) groups is 1. The van der Waals surface area contributed by atoms with Crippen LogP contribution in [0.3, 0.4) is 0 Å². The zero-order valence-electron chi connectivity index (χ0n) is 12.5. The minimum Gasteiger partial charge on any atom is -0.493 e. The van der Waals surface area contributed by atoms with Crippen molar-refractivity contribution in [2.24, 2.45) is 5.73 Å². The zero-order chi connectivity index (χ0) is 15.3. The molecule has 1 saturated heterocycles. The molecule has 116 valence electrons. The van der Waals surface area contributed by atoms with Crippen molar-refractivity contribution in [3.63, 3.8) is 0 Å². The number of rotatable bonds is 6. The summed E-state index contributed by atoms with van der Waals surface area (Å²) in [6, 6.07) is 7.58. The first kappa shape index (κ1) is 16.2. The lowest BCUT2D eigenvalue weighted by molar-refractivity contribution is -0.0165. The molecule has 2 rings (SSSR count). The van der Waals surface area contributed by atoms with Crippen LogP contribution in [-0.2, 0) is 0 Å². The summed E-state index contributed by atoms with van der Waals surface area (Å²) in [6.45, 7) is 5.27. The van der Waals surface area contributed by atoms with Crippen LogP contribution in [0.1, 0.15) is 31.7 Å². The van der Waals surface area contributed by atoms with E-state index in [0.717, 1.165) is 50.2 Å². The molecular formula is C16H24N2O2S. The van der Waals surface area contributed by atoms with Crippen LogP contribution >= 0.6 is 12.2 Å². The van der Waals surface area contributed by atoms with Crippen molar-refractivity contribution >= 4 is 17.2 Å². The van der Waals surface area contributed by atoms with Crippen molar-refractivity contribution in [2.75, 3.05) is 26.2 Å². The SMILES string of the molecule is CC1(O)CCCN(CCCOc2ccccc2C(N)=S)C1. The number of piperidine rings is 1. The largest absolute Gasteiger partial charge is 0.493 e. The minimum atomic E-state index is -0.544. The number of nitrogens with zero attached hydrogens (tertiary/aromatic N) is 1. The predicted octanol–water partition coefficient (Wildman–Crippen LogP) is 1.94. The number of likely N-dealkylation sites (tertiary alicyclic amines) is 1. The molecule has 1 aromatic carbocycles. The first-order valence-corrected chi connectivity index (χ1v) is 7.85. The zero-order valence-corrected chi connectivity index (χ0v) is 13.4. The normalized spacial score (nSPS) is 23.0. The van der Waals surface area contributed by atoms with Gasteiger partial charge in [0.2, 0.25) is 0 Å². The molecule has 0 amide bonds. The molecule has 1 unspecified atom stereocenters. The molecule has 1 aliphatic rings. The highest BCUT2D eigenvalue weighted by Gasteiger charge is 2.27. The van der Waals surface area contributed by atoms with Crippen molar-refractivity contribution in [3.05, 3.63) is 29.8 Å². The summed E-state index contributed by atoms with van der Waals surface area (Å²) in [5.41, 5.74) is 5.92. The Bertz CT molecular complexity index is 491. The molecule has 21 heavy (non-hydrogen) atoms. The van der Waals surface area contributed by atoms with Gasteiger partial charge in [0.05, 0.1) is 17.8 Å². The number of benzene rings is 1. The first-order chi connectivity index (χ1) is 9.98. The summed E-state index contributed by atoms with van der Waals surface area (Å²) >= 11 is 5.02. The van der Waals surface area contributed by atoms with Crippen molar-refractivity contribution in [1.29, 1.82) is 0 Å². The predicted molar refractivity (Wildman–Crippen MR) is 88.7 cm³/mol. The molecule has 0 radical (unpaired) electrons. The van der Waals surface area contributed by atoms with Gasteiger partial charge >= 0.3 is 0 Å². The third kappa shape index (κ3) is 4.95. The van der Waals surface area contributed by atoms with Crippen LogP contribution in [0.2, 0.25) is 0 Å². The molecule has 1 fully saturated rings. The number of nitrogens with two attached hydrogens (primary N) is 1. The maximum Gasteiger partial charge on any atom is 0.129 e. The van der Waals surface area contributed by atoms with E-state index in [0.29, 0.717) is 11.6 Å². The van der Waals surface area contributed by atoms with E-state index in [4.69, 9.17) is 22.7 Å². The molecule has 0 saturated carbocycles. The molecule has 1 aromatic rings. The summed E-state index contributed by atoms with van der Waals surface area (Å²) in [6.07, 6.45) is 2.86. The minimum absolute atomic E-state index is 0.359. The van der Waals surface area contributed by atoms with E-state index in [1.54, 1.807) is 0 Å². The van der Waals surface area contributed by atoms with Crippen LogP contribution in [0, 0.1) is 0 Å². The summed E-state index contributed by atoms with van der Waals surface area (Å²) in [7, 11) is 0. The summed E-state index contributed by atoms with van der Waals surface area (Å²) < 4.78 is 5.78. The van der Waals surface area contributed by atoms with E-state index in [1.807, 2.05) is 31.2 Å². The second-order valence-electron chi connectivity index (χ2n) is 5.94. The van der Waals surface area contributed by atoms with Gasteiger partial charge in [-0.1, -0.05) is 24.4 Å². The Labute approximate surface area is 131 Å². The third-order valence-corrected chi connectivity index (χ3v) is 4.00. The lowest BCUT2D eigenvalue weighted by atomic mass is 9.95. The Morgan fingerprint density at radius 1 is 1.48 bits per heavy atom. The molecular weight excluding hydrogens is 284 g/mol. The van der Waals surface area contributed by atoms with Gasteiger partial charge in [-0.05, 0) is 44.9 Å². The Morgan fingerprint density at radius 3 is 2.95 bits per heavy atom. The summed E-state index contributed by atoms with van der Waals surface area (Å²) in [4.78, 5) is 2.66. The Hall–Kier alpha value is -1.17. The van der Waals surface area contributed by atoms with Gasteiger partial charge < -0.3 is 20.5 Å². The van der Waals surface area contributed by atoms with Crippen LogP contribution in [0.4, 0.5) is 0 Å². The first-order valence-electron chi connectivity index (χ1n) is 7.44. The fourth-order valence-corrected chi connectivity index (χ4v) is 2.95. The average Bonchev–Trinajstić information content (AvgIpc) is 2.43. The van der Waals surface area contributed by atoms with Gasteiger partial charge in [0.15, 0.2) is 0 Å². The van der Waals surface area contributed by atoms with Crippen molar-refractivity contribution in [1.82, 2.24) is 4.90 Å². The maximum absolute atomic E-state index is 10.1. The van der Waals surface area contributed by atoms with Gasteiger partial charge in [0.1, 0.15) is 10.7 Å². The van der Waals surface area contributed by atoms with Gasteiger partial charge in [0, 0.05) is 13.1 Å². The summed E-state index contributed by atoms with van der Waals surface area (Å²) in [5.74, 6) is 0.746. The average molecular weight is 308 g/mol. The molecule has 3 N–H and O–H groups in total. The molecule has 0 aromatic heterocycles. The van der Waals surface area contributed by atoms with E-state index in [1.165, 1.54) is 0 Å². The molecule has 1 aliphatic heterocycles. The fraction of sp³-hybridized carbons (Fsp3) is 0.562. The molecule has 1 atom stereocenters. The third-order valence-electron chi connectivity index (χ3n) is 3.78. The van der Waals surface area contributed by atoms with Gasteiger partial charge in [-0.15, -0.1) is 0 Å². The number of hydrogen-bond acceptors (Lipinski definition) is 4. The van der Waals surface area contributed by atoms with Crippen molar-refractivity contribution < 1.29 is 9.84 Å². The van der Waals surface area contributed by atoms with E-state index in [9.17, 15) is 5.11 Å². The standard InChI is InChI=1S/C16H24N2O2S/c1-16(19)8-4-9-18(12-16)10-5-11-20-14-7-3-2-6-13(14)15(17)21/h2-3,6-7,19H,4-5,8-12H2,1H3,(H2,17,21). The van der Waals surface area contributed by atoms with Crippen molar-refractivity contribution in [2.45, 2.75) is 31.8 Å². The van der Waals surface area contributed by atoms with Gasteiger partial charge in [-0.2, -0.15) is 0 Å². The van der Waals surface area contributed by atoms with Crippen LogP contribution in [-0.4, -0.2) is 46.8 Å². The highest BCUT2D eigenvalue weighted by Crippen LogP contribution is 2.21. The number of ether oxygens (including phenoxy) is 1. The molecule has 1 heterocycles. The van der Waals surface area contributed by atoms with E-state index in [2.05, 4.69) is 4.90 Å². The number of para-hydroxylation sites is 1. The number of hydrogen-bond donors (Lipinski definition) is 2. The van der Waals surface area contributed by atoms with E-state index >= 15 is 0 Å². The van der Waals surface area contributed by atoms with Crippen LogP contribution in [0.25, 0.3) is 0 Å².